The SMILES string of the molecule is O=C(O)C(F)(F)F.O=C(O)C(F)(F)F.c1csc(CN2CCC3(COCCN(CC4CC4)C3)C2)n1. The summed E-state index contributed by atoms with van der Waals surface area (Å²) < 4.78 is 69.4. The van der Waals surface area contributed by atoms with E-state index < -0.39 is 24.3 Å². The number of halogens is 6. The highest BCUT2D eigenvalue weighted by Crippen LogP contribution is 2.36. The first-order chi connectivity index (χ1) is 16.2. The number of thiazole rings is 1. The van der Waals surface area contributed by atoms with Crippen molar-refractivity contribution in [2.24, 2.45) is 11.3 Å². The molecule has 3 fully saturated rings. The van der Waals surface area contributed by atoms with Crippen LogP contribution in [-0.2, 0) is 20.9 Å². The fourth-order valence-corrected chi connectivity index (χ4v) is 4.49. The summed E-state index contributed by atoms with van der Waals surface area (Å²) in [4.78, 5) is 27.5. The number of carboxylic acid groups (broad SMARTS) is 2. The Morgan fingerprint density at radius 3 is 2.11 bits per heavy atom. The molecular weight excluding hydrogens is 508 g/mol. The van der Waals surface area contributed by atoms with E-state index in [0.29, 0.717) is 5.41 Å². The molecule has 3 aliphatic rings. The standard InChI is InChI=1S/C16H25N3OS.2C2HF3O2/c1-2-14(1)9-19-6-7-20-13-16(12-19)3-5-18(11-16)10-15-17-4-8-21-15;2*3-2(4,5)1(6)7/h4,8,14H,1-3,5-7,9-13H2;2*(H,6,7). The summed E-state index contributed by atoms with van der Waals surface area (Å²) in [6, 6.07) is 0. The number of aromatic nitrogens is 1. The quantitative estimate of drug-likeness (QED) is 0.566. The van der Waals surface area contributed by atoms with Crippen LogP contribution in [0.4, 0.5) is 26.3 Å². The van der Waals surface area contributed by atoms with Crippen molar-refractivity contribution in [3.8, 4) is 0 Å². The molecule has 2 N–H and O–H groups in total. The molecule has 1 spiro atoms. The Morgan fingerprint density at radius 1 is 1.06 bits per heavy atom. The predicted octanol–water partition coefficient (Wildman–Crippen LogP) is 3.34. The lowest BCUT2D eigenvalue weighted by molar-refractivity contribution is -0.193. The number of hydrogen-bond donors (Lipinski definition) is 2. The second kappa shape index (κ2) is 12.3. The third kappa shape index (κ3) is 10.7. The molecule has 0 bridgehead atoms. The van der Waals surface area contributed by atoms with Crippen LogP contribution in [0, 0.1) is 11.3 Å². The maximum Gasteiger partial charge on any atom is 0.490 e. The minimum absolute atomic E-state index is 0.364. The first kappa shape index (κ1) is 29.3. The van der Waals surface area contributed by atoms with Gasteiger partial charge in [-0.25, -0.2) is 14.6 Å². The second-order valence-corrected chi connectivity index (χ2v) is 9.70. The normalized spacial score (nSPS) is 23.6. The number of carboxylic acids is 2. The molecule has 2 aliphatic heterocycles. The molecule has 3 heterocycles. The van der Waals surface area contributed by atoms with Gasteiger partial charge in [0.05, 0.1) is 19.8 Å². The van der Waals surface area contributed by atoms with Gasteiger partial charge >= 0.3 is 24.3 Å². The van der Waals surface area contributed by atoms with Crippen molar-refractivity contribution >= 4 is 23.3 Å². The van der Waals surface area contributed by atoms with Gasteiger partial charge in [0.1, 0.15) is 5.01 Å². The number of likely N-dealkylation sites (tertiary alicyclic amines) is 1. The molecule has 0 aromatic carbocycles. The van der Waals surface area contributed by atoms with Gasteiger partial charge in [0.2, 0.25) is 0 Å². The van der Waals surface area contributed by atoms with Crippen molar-refractivity contribution in [3.05, 3.63) is 16.6 Å². The number of rotatable bonds is 4. The van der Waals surface area contributed by atoms with Gasteiger partial charge in [0.25, 0.3) is 0 Å². The Morgan fingerprint density at radius 2 is 1.63 bits per heavy atom. The van der Waals surface area contributed by atoms with Crippen LogP contribution in [-0.4, -0.2) is 95.2 Å². The molecule has 1 atom stereocenters. The zero-order valence-electron chi connectivity index (χ0n) is 18.6. The van der Waals surface area contributed by atoms with Crippen LogP contribution in [0.5, 0.6) is 0 Å². The zero-order valence-corrected chi connectivity index (χ0v) is 19.5. The van der Waals surface area contributed by atoms with E-state index in [9.17, 15) is 26.3 Å². The molecule has 8 nitrogen and oxygen atoms in total. The van der Waals surface area contributed by atoms with Crippen LogP contribution in [0.15, 0.2) is 11.6 Å². The van der Waals surface area contributed by atoms with Crippen molar-refractivity contribution < 1.29 is 50.9 Å². The van der Waals surface area contributed by atoms with Crippen molar-refractivity contribution in [1.29, 1.82) is 0 Å². The first-order valence-electron chi connectivity index (χ1n) is 10.7. The maximum absolute atomic E-state index is 10.6. The highest BCUT2D eigenvalue weighted by atomic mass is 32.1. The molecule has 200 valence electrons. The summed E-state index contributed by atoms with van der Waals surface area (Å²) >= 11 is 1.77. The van der Waals surface area contributed by atoms with Gasteiger partial charge in [-0.1, -0.05) is 0 Å². The zero-order chi connectivity index (χ0) is 26.3. The van der Waals surface area contributed by atoms with E-state index in [4.69, 9.17) is 24.5 Å². The summed E-state index contributed by atoms with van der Waals surface area (Å²) in [6.45, 7) is 8.92. The number of aliphatic carboxylic acids is 2. The van der Waals surface area contributed by atoms with E-state index >= 15 is 0 Å². The molecule has 1 unspecified atom stereocenters. The van der Waals surface area contributed by atoms with Crippen molar-refractivity contribution in [2.75, 3.05) is 45.9 Å². The fraction of sp³-hybridized carbons (Fsp3) is 0.750. The molecule has 4 rings (SSSR count). The number of ether oxygens (including phenoxy) is 1. The smallest absolute Gasteiger partial charge is 0.475 e. The van der Waals surface area contributed by atoms with Crippen molar-refractivity contribution in [3.63, 3.8) is 0 Å². The highest BCUT2D eigenvalue weighted by Gasteiger charge is 2.42. The van der Waals surface area contributed by atoms with Gasteiger partial charge < -0.3 is 19.8 Å². The summed E-state index contributed by atoms with van der Waals surface area (Å²) in [5.74, 6) is -4.53. The Hall–Kier alpha value is -1.97. The Labute approximate surface area is 201 Å². The molecule has 15 heteroatoms. The van der Waals surface area contributed by atoms with Gasteiger partial charge in [-0.15, -0.1) is 11.3 Å². The number of hydrogen-bond acceptors (Lipinski definition) is 7. The van der Waals surface area contributed by atoms with Crippen LogP contribution in [0.25, 0.3) is 0 Å². The minimum Gasteiger partial charge on any atom is -0.475 e. The predicted molar refractivity (Wildman–Crippen MR) is 112 cm³/mol. The molecule has 1 aliphatic carbocycles. The van der Waals surface area contributed by atoms with Crippen LogP contribution in [0.1, 0.15) is 24.3 Å². The van der Waals surface area contributed by atoms with E-state index in [2.05, 4.69) is 20.2 Å². The second-order valence-electron chi connectivity index (χ2n) is 8.72. The number of nitrogens with zero attached hydrogens (tertiary/aromatic N) is 3. The average Bonchev–Trinajstić information content (AvgIpc) is 3.31. The Kier molecular flexibility index (Phi) is 10.3. The monoisotopic (exact) mass is 535 g/mol. The summed E-state index contributed by atoms with van der Waals surface area (Å²) in [7, 11) is 0. The molecular formula is C20H27F6N3O5S. The van der Waals surface area contributed by atoms with Crippen molar-refractivity contribution in [2.45, 2.75) is 38.2 Å². The van der Waals surface area contributed by atoms with Crippen molar-refractivity contribution in [1.82, 2.24) is 14.8 Å². The molecule has 1 aromatic heterocycles. The maximum atomic E-state index is 10.6. The van der Waals surface area contributed by atoms with Gasteiger partial charge in [-0.2, -0.15) is 26.3 Å². The summed E-state index contributed by atoms with van der Waals surface area (Å²) in [5.41, 5.74) is 0.364. The topological polar surface area (TPSA) is 103 Å². The van der Waals surface area contributed by atoms with Gasteiger partial charge in [-0.05, 0) is 31.7 Å². The highest BCUT2D eigenvalue weighted by molar-refractivity contribution is 7.09. The van der Waals surface area contributed by atoms with Gasteiger partial charge in [0.15, 0.2) is 0 Å². The lowest BCUT2D eigenvalue weighted by atomic mass is 9.87. The number of alkyl halides is 6. The number of carbonyl (C=O) groups is 2. The van der Waals surface area contributed by atoms with Gasteiger partial charge in [-0.3, -0.25) is 4.90 Å². The lowest BCUT2D eigenvalue weighted by Gasteiger charge is -2.32. The van der Waals surface area contributed by atoms with E-state index in [1.165, 1.54) is 50.4 Å². The largest absolute Gasteiger partial charge is 0.490 e. The molecule has 0 amide bonds. The first-order valence-corrected chi connectivity index (χ1v) is 11.6. The fourth-order valence-electron chi connectivity index (χ4n) is 3.83. The molecule has 35 heavy (non-hydrogen) atoms. The van der Waals surface area contributed by atoms with E-state index in [1.807, 2.05) is 6.20 Å². The molecule has 2 saturated heterocycles. The molecule has 0 radical (unpaired) electrons. The average molecular weight is 536 g/mol. The molecule has 1 aromatic rings. The van der Waals surface area contributed by atoms with Crippen LogP contribution in [0.3, 0.4) is 0 Å². The Balaban J connectivity index is 0.000000257. The minimum atomic E-state index is -5.08. The third-order valence-corrected chi connectivity index (χ3v) is 6.34. The van der Waals surface area contributed by atoms with Crippen LogP contribution in [0.2, 0.25) is 0 Å². The van der Waals surface area contributed by atoms with E-state index in [-0.39, 0.29) is 0 Å². The third-order valence-electron chi connectivity index (χ3n) is 5.58. The Bertz CT molecular complexity index is 795. The summed E-state index contributed by atoms with van der Waals surface area (Å²) in [6.07, 6.45) is -4.08. The van der Waals surface area contributed by atoms with Gasteiger partial charge in [0, 0.05) is 43.2 Å². The van der Waals surface area contributed by atoms with Crippen LogP contribution < -0.4 is 0 Å². The summed E-state index contributed by atoms with van der Waals surface area (Å²) in [5, 5.41) is 17.6. The lowest BCUT2D eigenvalue weighted by Crippen LogP contribution is -2.41. The van der Waals surface area contributed by atoms with E-state index in [1.54, 1.807) is 11.3 Å². The van der Waals surface area contributed by atoms with Crippen LogP contribution >= 0.6 is 11.3 Å². The molecule has 1 saturated carbocycles. The van der Waals surface area contributed by atoms with E-state index in [0.717, 1.165) is 32.2 Å².